The molecule has 1 aromatic heterocycles. The normalized spacial score (nSPS) is 19.1. The molecular formula is C17H28ClN5O2. The number of amides is 1. The lowest BCUT2D eigenvalue weighted by Gasteiger charge is -2.28. The van der Waals surface area contributed by atoms with E-state index in [0.29, 0.717) is 24.3 Å². The van der Waals surface area contributed by atoms with Gasteiger partial charge in [-0.2, -0.15) is 4.98 Å². The van der Waals surface area contributed by atoms with Crippen LogP contribution in [-0.4, -0.2) is 66.7 Å². The van der Waals surface area contributed by atoms with Crippen molar-refractivity contribution in [2.75, 3.05) is 50.8 Å². The highest BCUT2D eigenvalue weighted by Crippen LogP contribution is 2.19. The molecule has 140 valence electrons. The summed E-state index contributed by atoms with van der Waals surface area (Å²) in [5.41, 5.74) is 0. The zero-order valence-corrected chi connectivity index (χ0v) is 15.6. The van der Waals surface area contributed by atoms with E-state index in [1.807, 2.05) is 11.8 Å². The van der Waals surface area contributed by atoms with Gasteiger partial charge in [0.05, 0.1) is 6.61 Å². The van der Waals surface area contributed by atoms with Crippen LogP contribution in [0.15, 0.2) is 12.3 Å². The maximum Gasteiger partial charge on any atom is 0.228 e. The van der Waals surface area contributed by atoms with Gasteiger partial charge in [-0.15, -0.1) is 12.4 Å². The number of anilines is 1. The van der Waals surface area contributed by atoms with Crippen molar-refractivity contribution in [3.05, 3.63) is 12.3 Å². The van der Waals surface area contributed by atoms with E-state index in [1.165, 1.54) is 0 Å². The van der Waals surface area contributed by atoms with Gasteiger partial charge in [-0.3, -0.25) is 4.79 Å². The monoisotopic (exact) mass is 369 g/mol. The number of nitrogens with zero attached hydrogens (tertiary/aromatic N) is 4. The molecule has 2 aliphatic heterocycles. The van der Waals surface area contributed by atoms with Gasteiger partial charge < -0.3 is 19.9 Å². The fourth-order valence-electron chi connectivity index (χ4n) is 3.38. The van der Waals surface area contributed by atoms with Crippen LogP contribution in [-0.2, 0) is 4.79 Å². The van der Waals surface area contributed by atoms with E-state index in [9.17, 15) is 4.79 Å². The van der Waals surface area contributed by atoms with E-state index in [2.05, 4.69) is 20.2 Å². The molecule has 1 aromatic rings. The number of rotatable bonds is 4. The Kier molecular flexibility index (Phi) is 7.71. The summed E-state index contributed by atoms with van der Waals surface area (Å²) in [4.78, 5) is 25.7. The molecule has 3 heterocycles. The molecule has 1 amide bonds. The number of hydrogen-bond acceptors (Lipinski definition) is 6. The third kappa shape index (κ3) is 5.19. The molecule has 0 saturated carbocycles. The van der Waals surface area contributed by atoms with Crippen molar-refractivity contribution in [3.8, 4) is 5.88 Å². The van der Waals surface area contributed by atoms with Crippen LogP contribution < -0.4 is 15.0 Å². The number of aromatic nitrogens is 2. The van der Waals surface area contributed by atoms with Crippen molar-refractivity contribution in [3.63, 3.8) is 0 Å². The summed E-state index contributed by atoms with van der Waals surface area (Å²) >= 11 is 0. The zero-order valence-electron chi connectivity index (χ0n) is 14.8. The first-order valence-electron chi connectivity index (χ1n) is 8.98. The Hall–Kier alpha value is -1.60. The lowest BCUT2D eigenvalue weighted by Crippen LogP contribution is -2.42. The summed E-state index contributed by atoms with van der Waals surface area (Å²) in [6.07, 6.45) is 4.59. The van der Waals surface area contributed by atoms with E-state index in [4.69, 9.17) is 4.74 Å². The van der Waals surface area contributed by atoms with Crippen LogP contribution in [0.25, 0.3) is 0 Å². The summed E-state index contributed by atoms with van der Waals surface area (Å²) in [5, 5.41) is 3.32. The molecule has 2 aliphatic rings. The largest absolute Gasteiger partial charge is 0.478 e. The minimum Gasteiger partial charge on any atom is -0.478 e. The third-order valence-corrected chi connectivity index (χ3v) is 4.69. The van der Waals surface area contributed by atoms with Gasteiger partial charge in [0.25, 0.3) is 0 Å². The number of carbonyl (C=O) groups excluding carboxylic acids is 1. The van der Waals surface area contributed by atoms with Crippen LogP contribution in [0.1, 0.15) is 26.2 Å². The molecule has 2 fully saturated rings. The average Bonchev–Trinajstić information content (AvgIpc) is 2.89. The van der Waals surface area contributed by atoms with E-state index in [0.717, 1.165) is 58.5 Å². The fourth-order valence-corrected chi connectivity index (χ4v) is 3.38. The summed E-state index contributed by atoms with van der Waals surface area (Å²) in [5.74, 6) is 1.81. The minimum atomic E-state index is 0. The highest BCUT2D eigenvalue weighted by molar-refractivity contribution is 5.85. The van der Waals surface area contributed by atoms with Crippen LogP contribution in [0.4, 0.5) is 5.95 Å². The highest BCUT2D eigenvalue weighted by atomic mass is 35.5. The molecule has 0 unspecified atom stereocenters. The summed E-state index contributed by atoms with van der Waals surface area (Å²) in [6.45, 7) is 7.64. The molecule has 0 atom stereocenters. The SMILES string of the molecule is CCOc1ccnc(N2CCCN(C(=O)C3CCNCC3)CC2)n1.Cl. The van der Waals surface area contributed by atoms with E-state index in [1.54, 1.807) is 12.3 Å². The molecule has 0 radical (unpaired) electrons. The van der Waals surface area contributed by atoms with Crippen molar-refractivity contribution < 1.29 is 9.53 Å². The van der Waals surface area contributed by atoms with Gasteiger partial charge in [0, 0.05) is 44.4 Å². The third-order valence-electron chi connectivity index (χ3n) is 4.69. The van der Waals surface area contributed by atoms with Crippen LogP contribution in [0.2, 0.25) is 0 Å². The molecule has 25 heavy (non-hydrogen) atoms. The Morgan fingerprint density at radius 3 is 2.84 bits per heavy atom. The van der Waals surface area contributed by atoms with E-state index in [-0.39, 0.29) is 18.3 Å². The average molecular weight is 370 g/mol. The topological polar surface area (TPSA) is 70.6 Å². The van der Waals surface area contributed by atoms with Crippen molar-refractivity contribution >= 4 is 24.3 Å². The summed E-state index contributed by atoms with van der Waals surface area (Å²) in [7, 11) is 0. The van der Waals surface area contributed by atoms with Gasteiger partial charge in [0.15, 0.2) is 0 Å². The molecule has 0 spiro atoms. The van der Waals surface area contributed by atoms with Gasteiger partial charge in [-0.05, 0) is 39.3 Å². The number of carbonyl (C=O) groups is 1. The number of piperidine rings is 1. The second-order valence-electron chi connectivity index (χ2n) is 6.32. The predicted octanol–water partition coefficient (Wildman–Crippen LogP) is 1.34. The van der Waals surface area contributed by atoms with Crippen LogP contribution in [0.3, 0.4) is 0 Å². The molecular weight excluding hydrogens is 342 g/mol. The fraction of sp³-hybridized carbons (Fsp3) is 0.706. The Morgan fingerprint density at radius 2 is 2.08 bits per heavy atom. The maximum atomic E-state index is 12.7. The lowest BCUT2D eigenvalue weighted by molar-refractivity contribution is -0.136. The van der Waals surface area contributed by atoms with Crippen LogP contribution >= 0.6 is 12.4 Å². The first kappa shape index (κ1) is 19.7. The number of hydrogen-bond donors (Lipinski definition) is 1. The highest BCUT2D eigenvalue weighted by Gasteiger charge is 2.27. The summed E-state index contributed by atoms with van der Waals surface area (Å²) in [6, 6.07) is 1.78. The second kappa shape index (κ2) is 9.77. The molecule has 7 nitrogen and oxygen atoms in total. The van der Waals surface area contributed by atoms with Gasteiger partial charge in [-0.25, -0.2) is 4.98 Å². The number of ether oxygens (including phenoxy) is 1. The first-order valence-corrected chi connectivity index (χ1v) is 8.98. The quantitative estimate of drug-likeness (QED) is 0.863. The molecule has 1 N–H and O–H groups in total. The predicted molar refractivity (Wildman–Crippen MR) is 99.5 cm³/mol. The summed E-state index contributed by atoms with van der Waals surface area (Å²) < 4.78 is 5.46. The maximum absolute atomic E-state index is 12.7. The Morgan fingerprint density at radius 1 is 1.28 bits per heavy atom. The Labute approximate surface area is 155 Å². The number of halogens is 1. The van der Waals surface area contributed by atoms with E-state index >= 15 is 0 Å². The first-order chi connectivity index (χ1) is 11.8. The van der Waals surface area contributed by atoms with Crippen LogP contribution in [0, 0.1) is 5.92 Å². The van der Waals surface area contributed by atoms with E-state index < -0.39 is 0 Å². The smallest absolute Gasteiger partial charge is 0.228 e. The van der Waals surface area contributed by atoms with Crippen molar-refractivity contribution in [2.45, 2.75) is 26.2 Å². The molecule has 0 aliphatic carbocycles. The molecule has 2 saturated heterocycles. The zero-order chi connectivity index (χ0) is 16.8. The Bertz CT molecular complexity index is 554. The second-order valence-corrected chi connectivity index (χ2v) is 6.32. The molecule has 3 rings (SSSR count). The van der Waals surface area contributed by atoms with Crippen molar-refractivity contribution in [1.82, 2.24) is 20.2 Å². The molecule has 8 heteroatoms. The van der Waals surface area contributed by atoms with Crippen molar-refractivity contribution in [2.24, 2.45) is 5.92 Å². The minimum absolute atomic E-state index is 0. The molecule has 0 aromatic carbocycles. The Balaban J connectivity index is 0.00000225. The molecule has 0 bridgehead atoms. The standard InChI is InChI=1S/C17H27N5O2.ClH/c1-2-24-15-6-9-19-17(20-15)22-11-3-10-21(12-13-22)16(23)14-4-7-18-8-5-14;/h6,9,14,18H,2-5,7-8,10-13H2,1H3;1H. The van der Waals surface area contributed by atoms with Gasteiger partial charge >= 0.3 is 0 Å². The van der Waals surface area contributed by atoms with Gasteiger partial charge in [0.1, 0.15) is 0 Å². The van der Waals surface area contributed by atoms with Gasteiger partial charge in [-0.1, -0.05) is 0 Å². The van der Waals surface area contributed by atoms with Gasteiger partial charge in [0.2, 0.25) is 17.7 Å². The lowest BCUT2D eigenvalue weighted by atomic mass is 9.96. The number of nitrogens with one attached hydrogen (secondary N) is 1. The van der Waals surface area contributed by atoms with Crippen LogP contribution in [0.5, 0.6) is 5.88 Å². The van der Waals surface area contributed by atoms with Crippen molar-refractivity contribution in [1.29, 1.82) is 0 Å².